The molecule has 1 saturated heterocycles. The van der Waals surface area contributed by atoms with Gasteiger partial charge in [0.25, 0.3) is 0 Å². The molecule has 0 radical (unpaired) electrons. The molecule has 2 fully saturated rings. The quantitative estimate of drug-likeness (QED) is 0.515. The molecular formula is C23H27NO7. The van der Waals surface area contributed by atoms with Crippen molar-refractivity contribution in [1.82, 2.24) is 4.90 Å². The minimum absolute atomic E-state index is 0.0277. The number of fused-ring (bicyclic) bond motifs is 1. The van der Waals surface area contributed by atoms with E-state index in [0.29, 0.717) is 61.4 Å². The molecule has 2 aliphatic rings. The van der Waals surface area contributed by atoms with Gasteiger partial charge >= 0.3 is 11.6 Å². The van der Waals surface area contributed by atoms with Gasteiger partial charge in [-0.2, -0.15) is 0 Å². The Labute approximate surface area is 180 Å². The van der Waals surface area contributed by atoms with Crippen molar-refractivity contribution in [1.29, 1.82) is 0 Å². The third-order valence-corrected chi connectivity index (χ3v) is 6.24. The van der Waals surface area contributed by atoms with Gasteiger partial charge in [0, 0.05) is 42.6 Å². The third kappa shape index (κ3) is 4.58. The summed E-state index contributed by atoms with van der Waals surface area (Å²) in [5.74, 6) is 0.165. The average molecular weight is 429 g/mol. The maximum absolute atomic E-state index is 13.1. The Hall–Kier alpha value is -2.87. The smallest absolute Gasteiger partial charge is 0.336 e. The van der Waals surface area contributed by atoms with Crippen LogP contribution in [0.4, 0.5) is 0 Å². The molecule has 8 nitrogen and oxygen atoms in total. The van der Waals surface area contributed by atoms with Crippen molar-refractivity contribution in [3.05, 3.63) is 40.2 Å². The number of carbonyl (C=O) groups excluding carboxylic acids is 2. The highest BCUT2D eigenvalue weighted by Crippen LogP contribution is 2.43. The van der Waals surface area contributed by atoms with Gasteiger partial charge in [0.05, 0.1) is 25.7 Å². The SMILES string of the molecule is COc1ccc2c(COC(=O)C3(CC(=O)N4CCOCC4)CCCC3)cc(=O)oc2c1. The van der Waals surface area contributed by atoms with Crippen LogP contribution in [0.5, 0.6) is 5.75 Å². The van der Waals surface area contributed by atoms with Crippen molar-refractivity contribution in [2.45, 2.75) is 38.7 Å². The summed E-state index contributed by atoms with van der Waals surface area (Å²) in [5.41, 5.74) is -0.385. The van der Waals surface area contributed by atoms with Crippen LogP contribution in [-0.2, 0) is 25.7 Å². The van der Waals surface area contributed by atoms with E-state index in [0.717, 1.165) is 12.8 Å². The standard InChI is InChI=1S/C23H27NO7/c1-28-17-4-5-18-16(12-21(26)31-19(18)13-17)15-30-22(27)23(6-2-3-7-23)14-20(25)24-8-10-29-11-9-24/h4-5,12-13H,2-3,6-11,14-15H2,1H3. The van der Waals surface area contributed by atoms with Crippen LogP contribution in [0, 0.1) is 5.41 Å². The topological polar surface area (TPSA) is 95.3 Å². The van der Waals surface area contributed by atoms with Crippen molar-refractivity contribution in [3.63, 3.8) is 0 Å². The van der Waals surface area contributed by atoms with Gasteiger partial charge in [-0.15, -0.1) is 0 Å². The molecule has 1 aliphatic heterocycles. The predicted molar refractivity (Wildman–Crippen MR) is 112 cm³/mol. The molecule has 4 rings (SSSR count). The molecule has 0 bridgehead atoms. The number of morpholine rings is 1. The molecule has 0 unspecified atom stereocenters. The van der Waals surface area contributed by atoms with Crippen LogP contribution in [0.1, 0.15) is 37.7 Å². The van der Waals surface area contributed by atoms with Crippen LogP contribution < -0.4 is 10.4 Å². The van der Waals surface area contributed by atoms with E-state index in [1.807, 2.05) is 0 Å². The van der Waals surface area contributed by atoms with E-state index >= 15 is 0 Å². The van der Waals surface area contributed by atoms with Crippen molar-refractivity contribution in [3.8, 4) is 5.75 Å². The summed E-state index contributed by atoms with van der Waals surface area (Å²) in [4.78, 5) is 39.7. The lowest BCUT2D eigenvalue weighted by Gasteiger charge is -2.32. The fraction of sp³-hybridized carbons (Fsp3) is 0.522. The van der Waals surface area contributed by atoms with Gasteiger partial charge in [0.2, 0.25) is 5.91 Å². The fourth-order valence-electron chi connectivity index (χ4n) is 4.47. The first-order valence-electron chi connectivity index (χ1n) is 10.6. The van der Waals surface area contributed by atoms with Crippen molar-refractivity contribution >= 4 is 22.8 Å². The van der Waals surface area contributed by atoms with Gasteiger partial charge in [-0.25, -0.2) is 4.79 Å². The zero-order valence-electron chi connectivity index (χ0n) is 17.7. The fourth-order valence-corrected chi connectivity index (χ4v) is 4.47. The largest absolute Gasteiger partial charge is 0.497 e. The number of ether oxygens (including phenoxy) is 3. The number of rotatable bonds is 6. The molecule has 1 saturated carbocycles. The first-order valence-corrected chi connectivity index (χ1v) is 10.6. The summed E-state index contributed by atoms with van der Waals surface area (Å²) in [6.45, 7) is 2.11. The number of methoxy groups -OCH3 is 1. The average Bonchev–Trinajstić information content (AvgIpc) is 3.26. The summed E-state index contributed by atoms with van der Waals surface area (Å²) in [6.07, 6.45) is 3.21. The second-order valence-corrected chi connectivity index (χ2v) is 8.19. The van der Waals surface area contributed by atoms with Gasteiger partial charge < -0.3 is 23.5 Å². The minimum atomic E-state index is -0.798. The number of nitrogens with zero attached hydrogens (tertiary/aromatic N) is 1. The molecule has 1 aromatic heterocycles. The Bertz CT molecular complexity index is 1020. The zero-order valence-corrected chi connectivity index (χ0v) is 17.7. The Kier molecular flexibility index (Phi) is 6.27. The number of amides is 1. The molecule has 2 aromatic rings. The highest BCUT2D eigenvalue weighted by molar-refractivity contribution is 5.87. The minimum Gasteiger partial charge on any atom is -0.497 e. The van der Waals surface area contributed by atoms with Crippen LogP contribution in [0.3, 0.4) is 0 Å². The van der Waals surface area contributed by atoms with E-state index in [2.05, 4.69) is 0 Å². The van der Waals surface area contributed by atoms with Crippen LogP contribution in [0.15, 0.2) is 33.5 Å². The summed E-state index contributed by atoms with van der Waals surface area (Å²) >= 11 is 0. The summed E-state index contributed by atoms with van der Waals surface area (Å²) in [6, 6.07) is 6.49. The van der Waals surface area contributed by atoms with E-state index in [4.69, 9.17) is 18.6 Å². The Morgan fingerprint density at radius 3 is 2.58 bits per heavy atom. The predicted octanol–water partition coefficient (Wildman–Crippen LogP) is 2.65. The molecule has 0 N–H and O–H groups in total. The molecule has 2 heterocycles. The van der Waals surface area contributed by atoms with Crippen LogP contribution >= 0.6 is 0 Å². The molecule has 1 aliphatic carbocycles. The summed E-state index contributed by atoms with van der Waals surface area (Å²) in [5, 5.41) is 0.679. The maximum atomic E-state index is 13.1. The Balaban J connectivity index is 1.50. The van der Waals surface area contributed by atoms with Gasteiger partial charge in [0.15, 0.2) is 0 Å². The second kappa shape index (κ2) is 9.09. The van der Waals surface area contributed by atoms with Gasteiger partial charge in [-0.1, -0.05) is 12.8 Å². The van der Waals surface area contributed by atoms with Gasteiger partial charge in [-0.3, -0.25) is 9.59 Å². The van der Waals surface area contributed by atoms with E-state index in [1.54, 1.807) is 23.1 Å². The first kappa shape index (κ1) is 21.4. The molecule has 8 heteroatoms. The lowest BCUT2D eigenvalue weighted by atomic mass is 9.82. The molecule has 0 spiro atoms. The van der Waals surface area contributed by atoms with Gasteiger partial charge in [0.1, 0.15) is 17.9 Å². The normalized spacial score (nSPS) is 18.2. The van der Waals surface area contributed by atoms with Crippen molar-refractivity contribution in [2.24, 2.45) is 5.41 Å². The van der Waals surface area contributed by atoms with Gasteiger partial charge in [-0.05, 0) is 25.0 Å². The monoisotopic (exact) mass is 429 g/mol. The van der Waals surface area contributed by atoms with E-state index in [1.165, 1.54) is 13.2 Å². The zero-order chi connectivity index (χ0) is 21.8. The third-order valence-electron chi connectivity index (χ3n) is 6.24. The molecular weight excluding hydrogens is 402 g/mol. The van der Waals surface area contributed by atoms with Crippen molar-refractivity contribution in [2.75, 3.05) is 33.4 Å². The van der Waals surface area contributed by atoms with E-state index < -0.39 is 11.0 Å². The first-order chi connectivity index (χ1) is 15.0. The molecule has 31 heavy (non-hydrogen) atoms. The van der Waals surface area contributed by atoms with E-state index in [9.17, 15) is 14.4 Å². The number of hydrogen-bond donors (Lipinski definition) is 0. The lowest BCUT2D eigenvalue weighted by Crippen LogP contribution is -2.44. The van der Waals surface area contributed by atoms with Crippen LogP contribution in [0.2, 0.25) is 0 Å². The Morgan fingerprint density at radius 1 is 1.13 bits per heavy atom. The summed E-state index contributed by atoms with van der Waals surface area (Å²) in [7, 11) is 1.53. The number of hydrogen-bond acceptors (Lipinski definition) is 7. The molecule has 1 aromatic carbocycles. The van der Waals surface area contributed by atoms with Crippen molar-refractivity contribution < 1.29 is 28.2 Å². The number of carbonyl (C=O) groups is 2. The number of esters is 1. The molecule has 0 atom stereocenters. The Morgan fingerprint density at radius 2 is 1.87 bits per heavy atom. The highest BCUT2D eigenvalue weighted by Gasteiger charge is 2.45. The maximum Gasteiger partial charge on any atom is 0.336 e. The van der Waals surface area contributed by atoms with Crippen LogP contribution in [0.25, 0.3) is 11.0 Å². The van der Waals surface area contributed by atoms with Crippen LogP contribution in [-0.4, -0.2) is 50.2 Å². The summed E-state index contributed by atoms with van der Waals surface area (Å²) < 4.78 is 21.4. The molecule has 166 valence electrons. The molecule has 1 amide bonds. The number of benzene rings is 1. The lowest BCUT2D eigenvalue weighted by molar-refractivity contribution is -0.161. The highest BCUT2D eigenvalue weighted by atomic mass is 16.5. The second-order valence-electron chi connectivity index (χ2n) is 8.19. The van der Waals surface area contributed by atoms with E-state index in [-0.39, 0.29) is 24.9 Å².